The van der Waals surface area contributed by atoms with Gasteiger partial charge in [0, 0.05) is 26.2 Å². The first kappa shape index (κ1) is 18.4. The first-order valence-electron chi connectivity index (χ1n) is 9.26. The fraction of sp³-hybridized carbons (Fsp3) is 0.350. The van der Waals surface area contributed by atoms with E-state index in [1.807, 2.05) is 12.1 Å². The standard InChI is InChI=1S/C20H21FN4O3/c21-14-3-1-2-13(10-14)11-23-20(27)15-12-22-16-4-5-17(24-18(16)19(15)26)25-6-8-28-9-7-25/h1-5,10,15,22H,6-9,11-12H2,(H,23,27). The van der Waals surface area contributed by atoms with Gasteiger partial charge in [-0.25, -0.2) is 9.37 Å². The van der Waals surface area contributed by atoms with Crippen molar-refractivity contribution in [1.29, 1.82) is 0 Å². The van der Waals surface area contributed by atoms with Gasteiger partial charge in [-0.2, -0.15) is 0 Å². The normalized spacial score (nSPS) is 19.0. The molecule has 28 heavy (non-hydrogen) atoms. The third kappa shape index (κ3) is 3.82. The number of carbonyl (C=O) groups excluding carboxylic acids is 2. The summed E-state index contributed by atoms with van der Waals surface area (Å²) >= 11 is 0. The number of pyridine rings is 1. The second kappa shape index (κ2) is 7.93. The van der Waals surface area contributed by atoms with Gasteiger partial charge in [0.05, 0.1) is 18.9 Å². The number of morpholine rings is 1. The number of ketones is 1. The molecule has 1 atom stereocenters. The summed E-state index contributed by atoms with van der Waals surface area (Å²) in [5, 5.41) is 5.83. The van der Waals surface area contributed by atoms with Gasteiger partial charge in [0.25, 0.3) is 0 Å². The number of hydrogen-bond donors (Lipinski definition) is 2. The predicted octanol–water partition coefficient (Wildman–Crippen LogP) is 1.60. The molecule has 0 saturated carbocycles. The Morgan fingerprint density at radius 3 is 2.89 bits per heavy atom. The number of nitrogens with zero attached hydrogens (tertiary/aromatic N) is 2. The second-order valence-corrected chi connectivity index (χ2v) is 6.81. The molecule has 0 bridgehead atoms. The molecule has 2 aliphatic rings. The number of hydrogen-bond acceptors (Lipinski definition) is 6. The van der Waals surface area contributed by atoms with Crippen molar-refractivity contribution in [2.75, 3.05) is 43.1 Å². The van der Waals surface area contributed by atoms with Gasteiger partial charge in [0.2, 0.25) is 5.91 Å². The van der Waals surface area contributed by atoms with E-state index in [2.05, 4.69) is 20.5 Å². The maximum atomic E-state index is 13.3. The van der Waals surface area contributed by atoms with Crippen LogP contribution in [0.5, 0.6) is 0 Å². The molecule has 0 radical (unpaired) electrons. The molecule has 2 aliphatic heterocycles. The van der Waals surface area contributed by atoms with Crippen LogP contribution in [0.15, 0.2) is 36.4 Å². The van der Waals surface area contributed by atoms with Gasteiger partial charge in [-0.15, -0.1) is 0 Å². The monoisotopic (exact) mass is 384 g/mol. The zero-order chi connectivity index (χ0) is 19.5. The highest BCUT2D eigenvalue weighted by atomic mass is 19.1. The van der Waals surface area contributed by atoms with Gasteiger partial charge in [-0.3, -0.25) is 9.59 Å². The Morgan fingerprint density at radius 2 is 2.11 bits per heavy atom. The molecule has 8 heteroatoms. The summed E-state index contributed by atoms with van der Waals surface area (Å²) in [7, 11) is 0. The SMILES string of the molecule is O=C(NCc1cccc(F)c1)C1CNc2ccc(N3CCOCC3)nc2C1=O. The van der Waals surface area contributed by atoms with Crippen LogP contribution in [0.4, 0.5) is 15.9 Å². The molecule has 0 aliphatic carbocycles. The fourth-order valence-electron chi connectivity index (χ4n) is 3.39. The number of carbonyl (C=O) groups is 2. The van der Waals surface area contributed by atoms with E-state index < -0.39 is 11.8 Å². The van der Waals surface area contributed by atoms with Crippen molar-refractivity contribution in [3.05, 3.63) is 53.5 Å². The lowest BCUT2D eigenvalue weighted by molar-refractivity contribution is -0.123. The van der Waals surface area contributed by atoms with Crippen molar-refractivity contribution >= 4 is 23.2 Å². The smallest absolute Gasteiger partial charge is 0.233 e. The summed E-state index contributed by atoms with van der Waals surface area (Å²) in [5.41, 5.74) is 1.55. The highest BCUT2D eigenvalue weighted by molar-refractivity contribution is 6.13. The van der Waals surface area contributed by atoms with Gasteiger partial charge in [-0.1, -0.05) is 12.1 Å². The molecule has 1 saturated heterocycles. The number of anilines is 2. The number of rotatable bonds is 4. The van der Waals surface area contributed by atoms with Crippen LogP contribution in [0, 0.1) is 11.7 Å². The van der Waals surface area contributed by atoms with Crippen LogP contribution in [-0.4, -0.2) is 49.5 Å². The number of nitrogens with one attached hydrogen (secondary N) is 2. The summed E-state index contributed by atoms with van der Waals surface area (Å²) < 4.78 is 18.6. The number of amides is 1. The molecule has 1 aromatic carbocycles. The Morgan fingerprint density at radius 1 is 1.29 bits per heavy atom. The van der Waals surface area contributed by atoms with Gasteiger partial charge in [0.1, 0.15) is 23.2 Å². The van der Waals surface area contributed by atoms with E-state index in [4.69, 9.17) is 4.74 Å². The molecule has 7 nitrogen and oxygen atoms in total. The van der Waals surface area contributed by atoms with Crippen molar-refractivity contribution in [2.24, 2.45) is 5.92 Å². The summed E-state index contributed by atoms with van der Waals surface area (Å²) in [4.78, 5) is 32.0. The second-order valence-electron chi connectivity index (χ2n) is 6.81. The van der Waals surface area contributed by atoms with Crippen LogP contribution in [0.1, 0.15) is 16.1 Å². The first-order valence-corrected chi connectivity index (χ1v) is 9.26. The molecular weight excluding hydrogens is 363 g/mol. The van der Waals surface area contributed by atoms with Crippen LogP contribution in [0.3, 0.4) is 0 Å². The van der Waals surface area contributed by atoms with E-state index in [9.17, 15) is 14.0 Å². The molecule has 4 rings (SSSR count). The average Bonchev–Trinajstić information content (AvgIpc) is 2.73. The largest absolute Gasteiger partial charge is 0.382 e. The lowest BCUT2D eigenvalue weighted by atomic mass is 9.95. The van der Waals surface area contributed by atoms with Crippen LogP contribution >= 0.6 is 0 Å². The van der Waals surface area contributed by atoms with Gasteiger partial charge in [-0.05, 0) is 29.8 Å². The third-order valence-electron chi connectivity index (χ3n) is 4.93. The van der Waals surface area contributed by atoms with E-state index in [1.54, 1.807) is 12.1 Å². The average molecular weight is 384 g/mol. The lowest BCUT2D eigenvalue weighted by Crippen LogP contribution is -2.43. The predicted molar refractivity (Wildman–Crippen MR) is 102 cm³/mol. The number of benzene rings is 1. The Hall–Kier alpha value is -3.00. The quantitative estimate of drug-likeness (QED) is 0.779. The molecule has 3 heterocycles. The van der Waals surface area contributed by atoms with E-state index in [0.29, 0.717) is 43.4 Å². The Labute approximate surface area is 161 Å². The van der Waals surface area contributed by atoms with Gasteiger partial charge in [0.15, 0.2) is 5.78 Å². The molecule has 2 aromatic rings. The number of Topliss-reactive ketones (excluding diaryl/α,β-unsaturated/α-hetero) is 1. The lowest BCUT2D eigenvalue weighted by Gasteiger charge is -2.29. The fourth-order valence-corrected chi connectivity index (χ4v) is 3.39. The molecule has 2 N–H and O–H groups in total. The molecule has 1 fully saturated rings. The van der Waals surface area contributed by atoms with E-state index in [-0.39, 0.29) is 30.4 Å². The minimum Gasteiger partial charge on any atom is -0.382 e. The highest BCUT2D eigenvalue weighted by Crippen LogP contribution is 2.26. The van der Waals surface area contributed by atoms with Crippen molar-refractivity contribution in [3.8, 4) is 0 Å². The number of fused-ring (bicyclic) bond motifs is 1. The topological polar surface area (TPSA) is 83.6 Å². The minimum atomic E-state index is -0.867. The maximum absolute atomic E-state index is 13.3. The van der Waals surface area contributed by atoms with E-state index >= 15 is 0 Å². The number of ether oxygens (including phenoxy) is 1. The Balaban J connectivity index is 1.46. The highest BCUT2D eigenvalue weighted by Gasteiger charge is 2.34. The molecule has 0 spiro atoms. The minimum absolute atomic E-state index is 0.161. The zero-order valence-corrected chi connectivity index (χ0v) is 15.3. The van der Waals surface area contributed by atoms with Crippen LogP contribution in [0.2, 0.25) is 0 Å². The number of halogens is 1. The zero-order valence-electron chi connectivity index (χ0n) is 15.3. The molecular formula is C20H21FN4O3. The van der Waals surface area contributed by atoms with Crippen molar-refractivity contribution in [2.45, 2.75) is 6.54 Å². The molecule has 1 amide bonds. The Bertz CT molecular complexity index is 899. The maximum Gasteiger partial charge on any atom is 0.233 e. The summed E-state index contributed by atoms with van der Waals surface area (Å²) in [5.74, 6) is -1.23. The van der Waals surface area contributed by atoms with Crippen molar-refractivity contribution < 1.29 is 18.7 Å². The van der Waals surface area contributed by atoms with Gasteiger partial charge < -0.3 is 20.3 Å². The van der Waals surface area contributed by atoms with E-state index in [0.717, 1.165) is 0 Å². The first-order chi connectivity index (χ1) is 13.6. The third-order valence-corrected chi connectivity index (χ3v) is 4.93. The van der Waals surface area contributed by atoms with Gasteiger partial charge >= 0.3 is 0 Å². The summed E-state index contributed by atoms with van der Waals surface area (Å²) in [6, 6.07) is 9.69. The van der Waals surface area contributed by atoms with Crippen LogP contribution < -0.4 is 15.5 Å². The molecule has 1 aromatic heterocycles. The number of aromatic nitrogens is 1. The van der Waals surface area contributed by atoms with Crippen LogP contribution in [0.25, 0.3) is 0 Å². The van der Waals surface area contributed by atoms with Crippen molar-refractivity contribution in [3.63, 3.8) is 0 Å². The van der Waals surface area contributed by atoms with E-state index in [1.165, 1.54) is 12.1 Å². The van der Waals surface area contributed by atoms with Crippen molar-refractivity contribution in [1.82, 2.24) is 10.3 Å². The van der Waals surface area contributed by atoms with Crippen LogP contribution in [-0.2, 0) is 16.1 Å². The summed E-state index contributed by atoms with van der Waals surface area (Å²) in [6.45, 7) is 3.04. The molecule has 1 unspecified atom stereocenters. The molecule has 146 valence electrons. The Kier molecular flexibility index (Phi) is 5.21. The summed E-state index contributed by atoms with van der Waals surface area (Å²) in [6.07, 6.45) is 0.